The summed E-state index contributed by atoms with van der Waals surface area (Å²) in [6.45, 7) is 9.73. The van der Waals surface area contributed by atoms with Gasteiger partial charge in [0, 0.05) is 44.0 Å². The van der Waals surface area contributed by atoms with Gasteiger partial charge in [-0.1, -0.05) is 26.3 Å². The molecule has 190 valence electrons. The van der Waals surface area contributed by atoms with E-state index in [0.717, 1.165) is 61.9 Å². The van der Waals surface area contributed by atoms with Gasteiger partial charge in [0.1, 0.15) is 23.1 Å². The fourth-order valence-corrected chi connectivity index (χ4v) is 5.60. The van der Waals surface area contributed by atoms with Gasteiger partial charge in [-0.3, -0.25) is 4.79 Å². The average molecular weight is 486 g/mol. The van der Waals surface area contributed by atoms with Gasteiger partial charge in [0.2, 0.25) is 5.91 Å². The van der Waals surface area contributed by atoms with Crippen LogP contribution in [0.25, 0.3) is 0 Å². The number of rotatable bonds is 8. The maximum Gasteiger partial charge on any atom is 0.250 e. The number of nitrogens with zero attached hydrogens (tertiary/aromatic N) is 2. The Morgan fingerprint density at radius 1 is 1.29 bits per heavy atom. The van der Waals surface area contributed by atoms with E-state index in [1.54, 1.807) is 0 Å². The predicted octanol–water partition coefficient (Wildman–Crippen LogP) is 5.77. The van der Waals surface area contributed by atoms with Crippen molar-refractivity contribution in [1.82, 2.24) is 15.1 Å². The van der Waals surface area contributed by atoms with E-state index in [0.29, 0.717) is 12.0 Å². The van der Waals surface area contributed by atoms with Gasteiger partial charge < -0.3 is 20.2 Å². The number of halogens is 2. The normalized spacial score (nSPS) is 23.6. The van der Waals surface area contributed by atoms with E-state index < -0.39 is 17.0 Å². The molecule has 1 aromatic carbocycles. The summed E-state index contributed by atoms with van der Waals surface area (Å²) in [7, 11) is 2.06. The van der Waals surface area contributed by atoms with Crippen LogP contribution in [0.15, 0.2) is 52.2 Å². The zero-order valence-corrected chi connectivity index (χ0v) is 21.5. The average Bonchev–Trinajstić information content (AvgIpc) is 3.58. The van der Waals surface area contributed by atoms with E-state index >= 15 is 0 Å². The molecule has 2 heterocycles. The summed E-state index contributed by atoms with van der Waals surface area (Å²) in [5, 5.41) is 14.8. The van der Waals surface area contributed by atoms with Crippen molar-refractivity contribution in [3.05, 3.63) is 69.4 Å². The number of hydrogen-bond acceptors (Lipinski definition) is 4. The third-order valence-electron chi connectivity index (χ3n) is 7.71. The quantitative estimate of drug-likeness (QED) is 0.491. The summed E-state index contributed by atoms with van der Waals surface area (Å²) in [4.78, 5) is 18.1. The van der Waals surface area contributed by atoms with Crippen molar-refractivity contribution in [1.29, 1.82) is 0 Å². The molecule has 0 radical (unpaired) electrons. The Morgan fingerprint density at radius 2 is 2.00 bits per heavy atom. The number of carbonyl (C=O) groups excluding carboxylic acids is 1. The molecule has 1 amide bonds. The molecule has 0 bridgehead atoms. The summed E-state index contributed by atoms with van der Waals surface area (Å²) < 4.78 is 27.5. The monoisotopic (exact) mass is 485 g/mol. The minimum absolute atomic E-state index is 0.0521. The molecule has 2 aliphatic heterocycles. The van der Waals surface area contributed by atoms with E-state index in [2.05, 4.69) is 42.9 Å². The lowest BCUT2D eigenvalue weighted by molar-refractivity contribution is -0.119. The van der Waals surface area contributed by atoms with Crippen LogP contribution in [-0.4, -0.2) is 41.0 Å². The van der Waals surface area contributed by atoms with Gasteiger partial charge in [0.25, 0.3) is 0 Å². The van der Waals surface area contributed by atoms with Crippen molar-refractivity contribution < 1.29 is 18.7 Å². The number of nitrogens with one attached hydrogen (secondary N) is 1. The summed E-state index contributed by atoms with van der Waals surface area (Å²) in [6, 6.07) is 3.36. The number of amides is 1. The lowest BCUT2D eigenvalue weighted by atomic mass is 9.71. The summed E-state index contributed by atoms with van der Waals surface area (Å²) in [6.07, 6.45) is 4.34. The van der Waals surface area contributed by atoms with Crippen LogP contribution in [0.5, 0.6) is 0 Å². The summed E-state index contributed by atoms with van der Waals surface area (Å²) >= 11 is 0. The zero-order valence-electron chi connectivity index (χ0n) is 21.5. The summed E-state index contributed by atoms with van der Waals surface area (Å²) in [5.74, 6) is -1.26. The van der Waals surface area contributed by atoms with Crippen LogP contribution in [0.4, 0.5) is 8.78 Å². The van der Waals surface area contributed by atoms with Crippen molar-refractivity contribution in [2.75, 3.05) is 20.1 Å². The Bertz CT molecular complexity index is 1120. The second-order valence-corrected chi connectivity index (χ2v) is 10.3. The number of aliphatic hydroxyl groups is 1. The van der Waals surface area contributed by atoms with E-state index in [4.69, 9.17) is 0 Å². The number of hydrogen-bond donors (Lipinski definition) is 2. The van der Waals surface area contributed by atoms with Gasteiger partial charge in [-0.05, 0) is 57.1 Å². The van der Waals surface area contributed by atoms with Crippen molar-refractivity contribution in [2.24, 2.45) is 11.3 Å². The van der Waals surface area contributed by atoms with Gasteiger partial charge >= 0.3 is 0 Å². The maximum absolute atomic E-state index is 14.2. The molecule has 0 spiro atoms. The molecule has 1 saturated carbocycles. The highest BCUT2D eigenvalue weighted by Crippen LogP contribution is 2.54. The van der Waals surface area contributed by atoms with Gasteiger partial charge in [0.05, 0.1) is 16.7 Å². The third kappa shape index (κ3) is 4.45. The van der Waals surface area contributed by atoms with Crippen molar-refractivity contribution >= 4 is 5.91 Å². The van der Waals surface area contributed by atoms with E-state index in [-0.39, 0.29) is 29.7 Å². The molecule has 4 rings (SSSR count). The number of fused-ring (bicyclic) bond motifs is 1. The molecule has 35 heavy (non-hydrogen) atoms. The first-order valence-electron chi connectivity index (χ1n) is 12.8. The van der Waals surface area contributed by atoms with E-state index in [1.165, 1.54) is 17.7 Å². The molecule has 3 aliphatic rings. The van der Waals surface area contributed by atoms with Gasteiger partial charge in [-0.2, -0.15) is 0 Å². The Kier molecular flexibility index (Phi) is 6.98. The third-order valence-corrected chi connectivity index (χ3v) is 7.71. The Morgan fingerprint density at radius 3 is 2.60 bits per heavy atom. The molecule has 2 N–H and O–H groups in total. The van der Waals surface area contributed by atoms with E-state index in [9.17, 15) is 18.7 Å². The number of carbonyl (C=O) groups is 1. The lowest BCUT2D eigenvalue weighted by Crippen LogP contribution is -2.44. The first-order valence-corrected chi connectivity index (χ1v) is 12.8. The molecule has 1 aromatic rings. The van der Waals surface area contributed by atoms with Gasteiger partial charge in [0.15, 0.2) is 0 Å². The van der Waals surface area contributed by atoms with Crippen LogP contribution in [0.1, 0.15) is 65.4 Å². The van der Waals surface area contributed by atoms with Crippen LogP contribution in [0.2, 0.25) is 0 Å². The fourth-order valence-electron chi connectivity index (χ4n) is 5.60. The van der Waals surface area contributed by atoms with Crippen LogP contribution in [-0.2, 0) is 11.3 Å². The number of likely N-dealkylation sites (N-methyl/N-ethyl adjacent to an activating group) is 1. The van der Waals surface area contributed by atoms with Crippen LogP contribution >= 0.6 is 0 Å². The first kappa shape index (κ1) is 25.3. The molecule has 2 unspecified atom stereocenters. The second-order valence-electron chi connectivity index (χ2n) is 10.3. The van der Waals surface area contributed by atoms with Gasteiger partial charge in [-0.25, -0.2) is 8.78 Å². The largest absolute Gasteiger partial charge is 0.509 e. The highest BCUT2D eigenvalue weighted by Gasteiger charge is 2.50. The van der Waals surface area contributed by atoms with Crippen LogP contribution < -0.4 is 5.32 Å². The molecule has 1 aliphatic carbocycles. The zero-order chi connectivity index (χ0) is 25.5. The molecule has 5 nitrogen and oxygen atoms in total. The molecule has 1 saturated heterocycles. The lowest BCUT2D eigenvalue weighted by Gasteiger charge is -2.44. The second kappa shape index (κ2) is 9.67. The van der Waals surface area contributed by atoms with E-state index in [1.807, 2.05) is 6.92 Å². The Hall–Kier alpha value is -2.83. The van der Waals surface area contributed by atoms with Crippen molar-refractivity contribution in [2.45, 2.75) is 66.3 Å². The van der Waals surface area contributed by atoms with Crippen molar-refractivity contribution in [3.8, 4) is 0 Å². The smallest absolute Gasteiger partial charge is 0.250 e. The highest BCUT2D eigenvalue weighted by atomic mass is 19.1. The Balaban J connectivity index is 1.78. The van der Waals surface area contributed by atoms with Gasteiger partial charge in [-0.15, -0.1) is 0 Å². The fraction of sp³-hybridized carbons (Fsp3) is 0.536. The maximum atomic E-state index is 14.2. The minimum Gasteiger partial charge on any atom is -0.509 e. The SMILES string of the molecule is CCCC1(C)C(O)=C(C(=C2CC2)N(C)CC)N2CCC(C)C2=C1C(=O)NCc1ccc(F)cc1F. The van der Waals surface area contributed by atoms with Crippen molar-refractivity contribution in [3.63, 3.8) is 0 Å². The summed E-state index contributed by atoms with van der Waals surface area (Å²) in [5.41, 5.74) is 4.15. The molecular formula is C28H37F2N3O2. The van der Waals surface area contributed by atoms with Crippen LogP contribution in [0, 0.1) is 23.0 Å². The molecule has 2 fully saturated rings. The minimum atomic E-state index is -0.866. The number of benzene rings is 1. The molecule has 7 heteroatoms. The van der Waals surface area contributed by atoms with Crippen LogP contribution in [0.3, 0.4) is 0 Å². The molecule has 2 atom stereocenters. The molecular weight excluding hydrogens is 448 g/mol. The highest BCUT2D eigenvalue weighted by molar-refractivity contribution is 5.97. The number of allylic oxidation sites excluding steroid dienone is 3. The predicted molar refractivity (Wildman–Crippen MR) is 133 cm³/mol. The standard InChI is InChI=1S/C28H37F2N3O2/c1-6-13-28(4)22(27(35)31-16-19-10-11-20(29)15-21(19)30)23-17(3)12-14-33(23)25(26(28)34)24(18-8-9-18)32(5)7-2/h10-11,15,17,34H,6-9,12-14,16H2,1-5H3,(H,31,35). The first-order chi connectivity index (χ1) is 16.6. The number of aliphatic hydroxyl groups excluding tert-OH is 1. The topological polar surface area (TPSA) is 55.8 Å². The molecule has 0 aromatic heterocycles. The Labute approximate surface area is 207 Å².